The number of hydrogen-bond donors (Lipinski definition) is 0. The van der Waals surface area contributed by atoms with E-state index >= 15 is 0 Å². The topological polar surface area (TPSA) is 3.24 Å². The Kier molecular flexibility index (Phi) is 4.31. The van der Waals surface area contributed by atoms with E-state index in [-0.39, 0.29) is 0 Å². The van der Waals surface area contributed by atoms with Gasteiger partial charge in [0.1, 0.15) is 0 Å². The fourth-order valence-electron chi connectivity index (χ4n) is 2.71. The van der Waals surface area contributed by atoms with E-state index in [0.717, 1.165) is 0 Å². The maximum absolute atomic E-state index is 2.56. The lowest BCUT2D eigenvalue weighted by Crippen LogP contribution is -2.37. The van der Waals surface area contributed by atoms with Crippen molar-refractivity contribution in [3.05, 3.63) is 60.2 Å². The zero-order chi connectivity index (χ0) is 13.8. The van der Waals surface area contributed by atoms with Gasteiger partial charge in [-0.3, -0.25) is 0 Å². The van der Waals surface area contributed by atoms with E-state index in [1.54, 1.807) is 0 Å². The molecule has 0 aliphatic carbocycles. The first-order valence-electron chi connectivity index (χ1n) is 7.38. The molecule has 1 aliphatic rings. The molecule has 1 fully saturated rings. The zero-order valence-electron chi connectivity index (χ0n) is 12.0. The van der Waals surface area contributed by atoms with Crippen LogP contribution in [0.25, 0.3) is 0 Å². The van der Waals surface area contributed by atoms with Crippen molar-refractivity contribution in [3.8, 4) is 0 Å². The average molecular weight is 283 g/mol. The van der Waals surface area contributed by atoms with Gasteiger partial charge < -0.3 is 4.90 Å². The molecular weight excluding hydrogens is 262 g/mol. The van der Waals surface area contributed by atoms with Crippen molar-refractivity contribution in [1.82, 2.24) is 0 Å². The monoisotopic (exact) mass is 283 g/mol. The van der Waals surface area contributed by atoms with E-state index in [1.165, 1.54) is 42.0 Å². The molecule has 1 nitrogen and oxygen atoms in total. The van der Waals surface area contributed by atoms with Crippen LogP contribution in [0.5, 0.6) is 0 Å². The minimum atomic E-state index is 0.564. The lowest BCUT2D eigenvalue weighted by Gasteiger charge is -2.37. The summed E-state index contributed by atoms with van der Waals surface area (Å²) in [6.45, 7) is 3.32. The highest BCUT2D eigenvalue weighted by atomic mass is 32.2. The summed E-state index contributed by atoms with van der Waals surface area (Å²) >= 11 is 2.00. The lowest BCUT2D eigenvalue weighted by molar-refractivity contribution is 0.551. The SMILES string of the molecule is Cc1ccc(SC2CCCCN2c2ccccc2)cc1. The molecule has 1 unspecified atom stereocenters. The second kappa shape index (κ2) is 6.36. The van der Waals surface area contributed by atoms with Crippen LogP contribution in [-0.4, -0.2) is 11.9 Å². The molecule has 0 N–H and O–H groups in total. The Morgan fingerprint density at radius 3 is 2.45 bits per heavy atom. The average Bonchev–Trinajstić information content (AvgIpc) is 2.51. The summed E-state index contributed by atoms with van der Waals surface area (Å²) in [6.07, 6.45) is 3.92. The highest BCUT2D eigenvalue weighted by Gasteiger charge is 2.23. The summed E-state index contributed by atoms with van der Waals surface area (Å²) in [4.78, 5) is 3.94. The molecule has 0 radical (unpaired) electrons. The van der Waals surface area contributed by atoms with Crippen molar-refractivity contribution in [2.24, 2.45) is 0 Å². The van der Waals surface area contributed by atoms with Gasteiger partial charge in [0.2, 0.25) is 0 Å². The van der Waals surface area contributed by atoms with Crippen molar-refractivity contribution in [2.75, 3.05) is 11.4 Å². The summed E-state index contributed by atoms with van der Waals surface area (Å²) in [5, 5.41) is 0.564. The van der Waals surface area contributed by atoms with E-state index in [1.807, 2.05) is 11.8 Å². The number of para-hydroxylation sites is 1. The zero-order valence-corrected chi connectivity index (χ0v) is 12.8. The van der Waals surface area contributed by atoms with Crippen molar-refractivity contribution >= 4 is 17.4 Å². The summed E-state index contributed by atoms with van der Waals surface area (Å²) < 4.78 is 0. The standard InChI is InChI=1S/C18H21NS/c1-15-10-12-17(13-11-15)20-18-9-5-6-14-19(18)16-7-3-2-4-8-16/h2-4,7-8,10-13,18H,5-6,9,14H2,1H3. The third kappa shape index (κ3) is 3.18. The van der Waals surface area contributed by atoms with Gasteiger partial charge in [0, 0.05) is 17.1 Å². The molecule has 0 spiro atoms. The van der Waals surface area contributed by atoms with Crippen LogP contribution in [0.4, 0.5) is 5.69 Å². The predicted molar refractivity (Wildman–Crippen MR) is 88.5 cm³/mol. The maximum atomic E-state index is 2.56. The number of piperidine rings is 1. The number of rotatable bonds is 3. The van der Waals surface area contributed by atoms with Crippen LogP contribution in [0.15, 0.2) is 59.5 Å². The minimum Gasteiger partial charge on any atom is -0.359 e. The summed E-state index contributed by atoms with van der Waals surface area (Å²) in [7, 11) is 0. The molecule has 1 atom stereocenters. The van der Waals surface area contributed by atoms with Gasteiger partial charge in [-0.05, 0) is 50.5 Å². The summed E-state index contributed by atoms with van der Waals surface area (Å²) in [6, 6.07) is 19.7. The molecule has 3 rings (SSSR count). The lowest BCUT2D eigenvalue weighted by atomic mass is 10.1. The van der Waals surface area contributed by atoms with Crippen molar-refractivity contribution in [1.29, 1.82) is 0 Å². The van der Waals surface area contributed by atoms with E-state index in [9.17, 15) is 0 Å². The molecule has 104 valence electrons. The van der Waals surface area contributed by atoms with Crippen LogP contribution in [0.2, 0.25) is 0 Å². The molecule has 1 saturated heterocycles. The molecule has 1 aliphatic heterocycles. The van der Waals surface area contributed by atoms with Gasteiger partial charge >= 0.3 is 0 Å². The molecule has 0 amide bonds. The molecule has 1 heterocycles. The fourth-order valence-corrected chi connectivity index (χ4v) is 3.96. The smallest absolute Gasteiger partial charge is 0.0796 e. The Morgan fingerprint density at radius 1 is 0.950 bits per heavy atom. The summed E-state index contributed by atoms with van der Waals surface area (Å²) in [5.41, 5.74) is 2.69. The predicted octanol–water partition coefficient (Wildman–Crippen LogP) is 5.10. The van der Waals surface area contributed by atoms with Gasteiger partial charge in [0.25, 0.3) is 0 Å². The van der Waals surface area contributed by atoms with Gasteiger partial charge in [-0.2, -0.15) is 0 Å². The molecule has 2 aromatic carbocycles. The first-order valence-corrected chi connectivity index (χ1v) is 8.26. The van der Waals surface area contributed by atoms with Gasteiger partial charge in [0.15, 0.2) is 0 Å². The second-order valence-electron chi connectivity index (χ2n) is 5.41. The Morgan fingerprint density at radius 2 is 1.70 bits per heavy atom. The van der Waals surface area contributed by atoms with Crippen molar-refractivity contribution in [2.45, 2.75) is 36.5 Å². The van der Waals surface area contributed by atoms with Gasteiger partial charge in [-0.25, -0.2) is 0 Å². The van der Waals surface area contributed by atoms with E-state index in [0.29, 0.717) is 5.37 Å². The molecule has 2 heteroatoms. The normalized spacial score (nSPS) is 19.1. The Labute approximate surface area is 126 Å². The maximum Gasteiger partial charge on any atom is 0.0796 e. The second-order valence-corrected chi connectivity index (χ2v) is 6.66. The Hall–Kier alpha value is -1.41. The number of thioether (sulfide) groups is 1. The Bertz CT molecular complexity index is 535. The first kappa shape index (κ1) is 13.6. The van der Waals surface area contributed by atoms with E-state index in [2.05, 4.69) is 66.4 Å². The molecule has 0 bridgehead atoms. The number of anilines is 1. The van der Waals surface area contributed by atoms with E-state index < -0.39 is 0 Å². The van der Waals surface area contributed by atoms with Crippen LogP contribution < -0.4 is 4.90 Å². The number of hydrogen-bond acceptors (Lipinski definition) is 2. The largest absolute Gasteiger partial charge is 0.359 e. The molecule has 20 heavy (non-hydrogen) atoms. The number of aryl methyl sites for hydroxylation is 1. The third-order valence-electron chi connectivity index (χ3n) is 3.83. The van der Waals surface area contributed by atoms with Crippen molar-refractivity contribution in [3.63, 3.8) is 0 Å². The van der Waals surface area contributed by atoms with Crippen molar-refractivity contribution < 1.29 is 0 Å². The quantitative estimate of drug-likeness (QED) is 0.770. The van der Waals surface area contributed by atoms with Gasteiger partial charge in [-0.15, -0.1) is 11.8 Å². The number of nitrogens with zero attached hydrogens (tertiary/aromatic N) is 1. The molecule has 0 aromatic heterocycles. The van der Waals surface area contributed by atoms with Gasteiger partial charge in [0.05, 0.1) is 5.37 Å². The van der Waals surface area contributed by atoms with E-state index in [4.69, 9.17) is 0 Å². The van der Waals surface area contributed by atoms with Crippen LogP contribution >= 0.6 is 11.8 Å². The third-order valence-corrected chi connectivity index (χ3v) is 5.14. The number of benzene rings is 2. The molecule has 2 aromatic rings. The van der Waals surface area contributed by atoms with Crippen LogP contribution in [-0.2, 0) is 0 Å². The van der Waals surface area contributed by atoms with Crippen LogP contribution in [0, 0.1) is 6.92 Å². The van der Waals surface area contributed by atoms with Crippen LogP contribution in [0.1, 0.15) is 24.8 Å². The molecular formula is C18H21NS. The fraction of sp³-hybridized carbons (Fsp3) is 0.333. The first-order chi connectivity index (χ1) is 9.83. The van der Waals surface area contributed by atoms with Crippen LogP contribution in [0.3, 0.4) is 0 Å². The highest BCUT2D eigenvalue weighted by molar-refractivity contribution is 8.00. The minimum absolute atomic E-state index is 0.564. The van der Waals surface area contributed by atoms with Gasteiger partial charge in [-0.1, -0.05) is 35.9 Å². The molecule has 0 saturated carbocycles. The highest BCUT2D eigenvalue weighted by Crippen LogP contribution is 2.35. The summed E-state index contributed by atoms with van der Waals surface area (Å²) in [5.74, 6) is 0. The Balaban J connectivity index is 1.77.